The Morgan fingerprint density at radius 3 is 1.36 bits per heavy atom. The molecule has 0 amide bonds. The first kappa shape index (κ1) is 35.0. The fourth-order valence-corrected chi connectivity index (χ4v) is 10.3. The van der Waals surface area contributed by atoms with Gasteiger partial charge >= 0.3 is 0 Å². The van der Waals surface area contributed by atoms with E-state index in [1.165, 1.54) is 27.2 Å². The lowest BCUT2D eigenvalue weighted by molar-refractivity contribution is 1.17. The van der Waals surface area contributed by atoms with E-state index >= 15 is 0 Å². The molecule has 14 rings (SSSR count). The first-order valence-corrected chi connectivity index (χ1v) is 21.8. The molecular weight excluding hydrogens is 779 g/mol. The Kier molecular flexibility index (Phi) is 7.33. The van der Waals surface area contributed by atoms with Gasteiger partial charge in [0.05, 0.1) is 22.1 Å². The first-order chi connectivity index (χ1) is 31.7. The molecule has 4 heterocycles. The van der Waals surface area contributed by atoms with Crippen molar-refractivity contribution in [3.63, 3.8) is 0 Å². The summed E-state index contributed by atoms with van der Waals surface area (Å²) in [6.45, 7) is 0. The number of para-hydroxylation sites is 3. The van der Waals surface area contributed by atoms with Crippen molar-refractivity contribution in [1.82, 2.24) is 24.1 Å². The highest BCUT2D eigenvalue weighted by molar-refractivity contribution is 6.26. The number of benzene rings is 10. The van der Waals surface area contributed by atoms with Crippen LogP contribution in [0, 0.1) is 0 Å². The molecule has 0 atom stereocenters. The molecular formula is C59H35N5. The Hall–Kier alpha value is -8.67. The maximum absolute atomic E-state index is 5.43. The molecule has 14 aromatic rings. The van der Waals surface area contributed by atoms with Crippen LogP contribution < -0.4 is 0 Å². The monoisotopic (exact) mass is 813 g/mol. The normalized spacial score (nSPS) is 12.1. The molecule has 0 aliphatic carbocycles. The summed E-state index contributed by atoms with van der Waals surface area (Å²) in [5, 5.41) is 15.6. The van der Waals surface area contributed by atoms with E-state index in [0.29, 0.717) is 17.1 Å². The molecule has 296 valence electrons. The summed E-state index contributed by atoms with van der Waals surface area (Å²) in [5.41, 5.74) is 9.06. The Bertz CT molecular complexity index is 4250. The van der Waals surface area contributed by atoms with E-state index in [0.717, 1.165) is 87.2 Å². The van der Waals surface area contributed by atoms with Gasteiger partial charge in [-0.25, -0.2) is 15.0 Å². The lowest BCUT2D eigenvalue weighted by atomic mass is 9.97. The number of rotatable bonds is 3. The summed E-state index contributed by atoms with van der Waals surface area (Å²) >= 11 is 0. The Morgan fingerprint density at radius 1 is 0.266 bits per heavy atom. The Morgan fingerprint density at radius 2 is 0.734 bits per heavy atom. The first-order valence-electron chi connectivity index (χ1n) is 21.8. The smallest absolute Gasteiger partial charge is 0.164 e. The summed E-state index contributed by atoms with van der Waals surface area (Å²) < 4.78 is 4.88. The minimum Gasteiger partial charge on any atom is -0.309 e. The third-order valence-corrected chi connectivity index (χ3v) is 13.2. The SMILES string of the molecule is c1ccc(-c2nc3nc(n2)c2cc4ccccc4cc2c2cc(cc4c5cc(-n6c7ccccc7c7ccccc76)ccc5n(-c5ccccc5)c24)c2cc4ccccc4cc32)cc1. The molecule has 0 radical (unpaired) electrons. The molecule has 0 saturated carbocycles. The van der Waals surface area contributed by atoms with Gasteiger partial charge in [0.25, 0.3) is 0 Å². The van der Waals surface area contributed by atoms with Crippen molar-refractivity contribution in [3.05, 3.63) is 212 Å². The zero-order valence-corrected chi connectivity index (χ0v) is 34.4. The van der Waals surface area contributed by atoms with Crippen molar-refractivity contribution in [2.24, 2.45) is 0 Å². The predicted molar refractivity (Wildman–Crippen MR) is 268 cm³/mol. The molecule has 5 nitrogen and oxygen atoms in total. The maximum Gasteiger partial charge on any atom is 0.164 e. The highest BCUT2D eigenvalue weighted by atomic mass is 15.0. The van der Waals surface area contributed by atoms with Crippen molar-refractivity contribution in [2.45, 2.75) is 0 Å². The van der Waals surface area contributed by atoms with Gasteiger partial charge in [-0.1, -0.05) is 133 Å². The van der Waals surface area contributed by atoms with Crippen LogP contribution in [0.3, 0.4) is 0 Å². The molecule has 4 aromatic heterocycles. The van der Waals surface area contributed by atoms with Crippen molar-refractivity contribution in [3.8, 4) is 22.8 Å². The van der Waals surface area contributed by atoms with Gasteiger partial charge in [0, 0.05) is 54.6 Å². The minimum atomic E-state index is 0.639. The van der Waals surface area contributed by atoms with Gasteiger partial charge in [-0.15, -0.1) is 0 Å². The van der Waals surface area contributed by atoms with Crippen LogP contribution in [-0.4, -0.2) is 24.1 Å². The van der Waals surface area contributed by atoms with E-state index in [1.54, 1.807) is 0 Å². The van der Waals surface area contributed by atoms with Gasteiger partial charge in [-0.2, -0.15) is 0 Å². The molecule has 0 aliphatic heterocycles. The second kappa shape index (κ2) is 13.4. The van der Waals surface area contributed by atoms with E-state index in [4.69, 9.17) is 15.0 Å². The van der Waals surface area contributed by atoms with Crippen LogP contribution >= 0.6 is 0 Å². The zero-order chi connectivity index (χ0) is 41.9. The summed E-state index contributed by atoms with van der Waals surface area (Å²) in [4.78, 5) is 16.0. The Labute approximate surface area is 366 Å². The van der Waals surface area contributed by atoms with Crippen LogP contribution in [0.4, 0.5) is 0 Å². The van der Waals surface area contributed by atoms with Crippen LogP contribution in [0.25, 0.3) is 132 Å². The molecule has 64 heavy (non-hydrogen) atoms. The van der Waals surface area contributed by atoms with E-state index < -0.39 is 0 Å². The van der Waals surface area contributed by atoms with Gasteiger partial charge < -0.3 is 9.13 Å². The van der Waals surface area contributed by atoms with Gasteiger partial charge in [-0.05, 0) is 117 Å². The largest absolute Gasteiger partial charge is 0.309 e. The summed E-state index contributed by atoms with van der Waals surface area (Å²) in [5.74, 6) is 0.643. The standard InChI is InChI=1S/C59H35N5/c1-3-15-36(16-4-1)57-60-58-51-31-39-19-9-7-17-37(39)29-46(51)41-33-49(47-30-38-18-8-10-20-40(38)32-52(47)59(61-57)62-58)56-50(34-41)48-35-43(27-28-55(48)64(56)42-21-5-2-6-22-42)63-53-25-13-11-23-44(53)45-24-12-14-26-54(45)63/h1-35H. The highest BCUT2D eigenvalue weighted by Gasteiger charge is 2.21. The van der Waals surface area contributed by atoms with Gasteiger partial charge in [0.1, 0.15) is 0 Å². The fourth-order valence-electron chi connectivity index (χ4n) is 10.3. The molecule has 4 bridgehead atoms. The second-order valence-corrected chi connectivity index (χ2v) is 16.8. The maximum atomic E-state index is 5.43. The molecule has 0 N–H and O–H groups in total. The predicted octanol–water partition coefficient (Wildman–Crippen LogP) is 15.2. The quantitative estimate of drug-likeness (QED) is 0.178. The van der Waals surface area contributed by atoms with Gasteiger partial charge in [-0.3, -0.25) is 0 Å². The van der Waals surface area contributed by atoms with Crippen LogP contribution in [0.1, 0.15) is 0 Å². The van der Waals surface area contributed by atoms with E-state index in [1.807, 2.05) is 18.2 Å². The van der Waals surface area contributed by atoms with Gasteiger partial charge in [0.2, 0.25) is 0 Å². The lowest BCUT2D eigenvalue weighted by Gasteiger charge is -2.13. The summed E-state index contributed by atoms with van der Waals surface area (Å²) in [6.07, 6.45) is 0. The fraction of sp³-hybridized carbons (Fsp3) is 0. The van der Waals surface area contributed by atoms with E-state index in [2.05, 4.69) is 203 Å². The van der Waals surface area contributed by atoms with Crippen LogP contribution in [0.5, 0.6) is 0 Å². The number of hydrogen-bond acceptors (Lipinski definition) is 3. The number of aromatic nitrogens is 5. The zero-order valence-electron chi connectivity index (χ0n) is 34.4. The molecule has 5 heteroatoms. The molecule has 0 saturated heterocycles. The molecule has 0 unspecified atom stereocenters. The third kappa shape index (κ3) is 5.15. The average Bonchev–Trinajstić information content (AvgIpc) is 3.88. The second-order valence-electron chi connectivity index (χ2n) is 16.8. The average molecular weight is 814 g/mol. The van der Waals surface area contributed by atoms with Gasteiger partial charge in [0.15, 0.2) is 17.1 Å². The lowest BCUT2D eigenvalue weighted by Crippen LogP contribution is -1.97. The molecule has 0 aliphatic rings. The van der Waals surface area contributed by atoms with Crippen LogP contribution in [0.2, 0.25) is 0 Å². The topological polar surface area (TPSA) is 48.5 Å². The third-order valence-electron chi connectivity index (χ3n) is 13.2. The van der Waals surface area contributed by atoms with Crippen molar-refractivity contribution >= 4 is 109 Å². The minimum absolute atomic E-state index is 0.639. The number of hydrogen-bond donors (Lipinski definition) is 0. The van der Waals surface area contributed by atoms with Crippen LogP contribution in [-0.2, 0) is 0 Å². The summed E-state index contributed by atoms with van der Waals surface area (Å²) in [7, 11) is 0. The van der Waals surface area contributed by atoms with Crippen molar-refractivity contribution < 1.29 is 0 Å². The summed E-state index contributed by atoms with van der Waals surface area (Å²) in [6, 6.07) is 76.7. The molecule has 10 aromatic carbocycles. The number of fused-ring (bicyclic) bond motifs is 19. The van der Waals surface area contributed by atoms with Crippen molar-refractivity contribution in [1.29, 1.82) is 0 Å². The Balaban J connectivity index is 1.25. The highest BCUT2D eigenvalue weighted by Crippen LogP contribution is 2.43. The number of nitrogens with zero attached hydrogens (tertiary/aromatic N) is 5. The van der Waals surface area contributed by atoms with Crippen LogP contribution in [0.15, 0.2) is 212 Å². The van der Waals surface area contributed by atoms with E-state index in [-0.39, 0.29) is 0 Å². The van der Waals surface area contributed by atoms with Crippen molar-refractivity contribution in [2.75, 3.05) is 0 Å². The molecule has 0 spiro atoms. The molecule has 0 fully saturated rings. The van der Waals surface area contributed by atoms with E-state index in [9.17, 15) is 0 Å².